The third kappa shape index (κ3) is 36.7. The maximum absolute atomic E-state index is 14.3. The normalized spacial score (nSPS) is 16.9. The Hall–Kier alpha value is -10.7. The molecule has 4 fully saturated rings. The number of piperidine rings is 2. The largest absolute Gasteiger partial charge is 0.480 e. The lowest BCUT2D eigenvalue weighted by Crippen LogP contribution is -2.63. The molecule has 0 radical (unpaired) electrons. The number of ketones is 1. The molecule has 0 aromatic heterocycles. The van der Waals surface area contributed by atoms with Gasteiger partial charge in [0, 0.05) is 69.0 Å². The summed E-state index contributed by atoms with van der Waals surface area (Å²) in [5.74, 6) is -4.55. The van der Waals surface area contributed by atoms with E-state index in [2.05, 4.69) is 36.9 Å². The molecule has 2 saturated carbocycles. The number of methoxy groups -OCH3 is 2. The Bertz CT molecular complexity index is 4050. The van der Waals surface area contributed by atoms with Crippen LogP contribution >= 0.6 is 0 Å². The number of aliphatic imine (C=N–C) groups is 1. The van der Waals surface area contributed by atoms with Crippen molar-refractivity contribution in [2.45, 2.75) is 257 Å². The van der Waals surface area contributed by atoms with E-state index in [0.29, 0.717) is 75.4 Å². The number of carbonyl (C=O) groups excluding carboxylic acids is 11. The summed E-state index contributed by atoms with van der Waals surface area (Å²) in [5, 5.41) is 33.8. The van der Waals surface area contributed by atoms with Crippen LogP contribution < -0.4 is 43.4 Å². The lowest BCUT2D eigenvalue weighted by Gasteiger charge is -2.41. The number of amidine groups is 1. The van der Waals surface area contributed by atoms with Crippen molar-refractivity contribution in [3.63, 3.8) is 0 Å². The van der Waals surface area contributed by atoms with E-state index in [9.17, 15) is 67.0 Å². The van der Waals surface area contributed by atoms with Crippen LogP contribution in [0.15, 0.2) is 126 Å². The van der Waals surface area contributed by atoms with Crippen LogP contribution in [0.25, 0.3) is 0 Å². The first-order valence-electron chi connectivity index (χ1n) is 42.7. The van der Waals surface area contributed by atoms with Crippen LogP contribution in [-0.4, -0.2) is 204 Å². The van der Waals surface area contributed by atoms with Crippen molar-refractivity contribution < 1.29 is 87.3 Å². The maximum Gasteiger partial charge on any atom is 0.408 e. The third-order valence-corrected chi connectivity index (χ3v) is 21.3. The van der Waals surface area contributed by atoms with Crippen molar-refractivity contribution in [3.8, 4) is 0 Å². The minimum atomic E-state index is -1.40. The first-order valence-corrected chi connectivity index (χ1v) is 42.0. The molecule has 2 aliphatic heterocycles. The standard InChI is InChI=1S/C45H64N6O8.C26H45N5O6.C19H21NO3.CH3F/c1-30(26-32-14-9-7-10-15-32)39(53)49-37(28-33-16-11-8-12-17-33)38(52)29-35(27-34-19-20-34)40(54)48-36(18-13-23-47-31(2)46)41(55)51-24-21-45(22-25-51,42(56)58-6)50-43(57)59-44(3,4)5;1-17(27)8-6-7-9-20(29-21(32)19(28)16-18-10-11-18)22(33)31-14-12-26(13-15-31,23(34)36-5)30-24(35)37-25(2,3)4;1-14(12-15-8-4-2-5-9-15)18(21)20-17(19(22)23)13-16-10-6-3-7-11-16;1-2/h7-12,14-17,30,34-37H,13,18-29H2,1-6H3,(H2,46,47)(H,48,54)(H,49,53)(H,50,57);18-20,27H,6-16,28H2,1-5H3,(H,29,32)(H,30,35);2-11,14,17H,12-13H2,1H3,(H,20,21)(H,22,23);1H3/t30-,35+,36-,37-;19-,20-;14-,17-;/m111./s1/i;;;1D. The predicted molar refractivity (Wildman–Crippen MR) is 460 cm³/mol. The average Bonchev–Trinajstić information content (AvgIpc) is 0.807. The Morgan fingerprint density at radius 3 is 1.26 bits per heavy atom. The number of nitrogens with one attached hydrogen (secondary N) is 7. The molecule has 666 valence electrons. The number of nitrogens with zero attached hydrogens (tertiary/aromatic N) is 3. The number of unbranched alkanes of at least 4 members (excludes halogenated alkanes) is 1. The zero-order valence-electron chi connectivity index (χ0n) is 73.8. The van der Waals surface area contributed by atoms with E-state index < -0.39 is 107 Å². The number of hydrogen-bond acceptors (Lipinski definition) is 19. The number of Topliss-reactive ketones (excluding diaryl/α,β-unsaturated/α-hetero) is 1. The van der Waals surface area contributed by atoms with Gasteiger partial charge in [0.1, 0.15) is 40.4 Å². The highest BCUT2D eigenvalue weighted by molar-refractivity contribution is 5.96. The van der Waals surface area contributed by atoms with Gasteiger partial charge in [-0.1, -0.05) is 167 Å². The molecule has 30 heteroatoms. The van der Waals surface area contributed by atoms with Crippen molar-refractivity contribution in [1.29, 1.82) is 5.41 Å². The molecule has 8 amide bonds. The van der Waals surface area contributed by atoms with Crippen LogP contribution in [-0.2, 0) is 92.6 Å². The second-order valence-corrected chi connectivity index (χ2v) is 34.2. The SMILES string of the molecule is COC(=O)C1(NC(=O)OC(C)(C)C)CCN(C(=O)[C@@H](CCCCC(C)=N)NC(=O)[C@H](N)CC2CC2)CC1.COC(=O)C1(NC(=O)OC(C)(C)C)CCN(C(=O)[C@@H](CCCN=C(C)N)NC(=O)[C@H](CC(=O)[C@@H](Cc2ccccc2)NC(=O)[C@H](C)Cc2ccccc2)CC2CC2)CC1.C[C@H](Cc1ccccc1)C(=O)N[C@H](Cc1ccccc1)C(=O)O.[2H]CF. The molecular formula is C91H133FN12O17. The first kappa shape index (κ1) is 99.2. The molecule has 4 aliphatic rings. The number of carbonyl (C=O) groups is 12. The molecule has 0 bridgehead atoms. The number of halogens is 1. The Kier molecular flexibility index (Phi) is 40.9. The Morgan fingerprint density at radius 2 is 0.901 bits per heavy atom. The molecular weight excluding hydrogens is 1550 g/mol. The van der Waals surface area contributed by atoms with Crippen LogP contribution in [0.2, 0.25) is 0 Å². The summed E-state index contributed by atoms with van der Waals surface area (Å²) >= 11 is 0. The minimum absolute atomic E-state index is 0.0687. The van der Waals surface area contributed by atoms with Gasteiger partial charge in [-0.25, -0.2) is 24.0 Å². The summed E-state index contributed by atoms with van der Waals surface area (Å²) in [6.45, 7) is 18.3. The number of benzene rings is 4. The molecule has 121 heavy (non-hydrogen) atoms. The highest BCUT2D eigenvalue weighted by Gasteiger charge is 2.49. The highest BCUT2D eigenvalue weighted by Crippen LogP contribution is 2.37. The highest BCUT2D eigenvalue weighted by atomic mass is 19.1. The zero-order chi connectivity index (χ0) is 90.3. The average molecular weight is 1690 g/mol. The number of nitrogens with two attached hydrogens (primary N) is 2. The summed E-state index contributed by atoms with van der Waals surface area (Å²) in [6, 6.07) is 34.0. The van der Waals surface area contributed by atoms with Gasteiger partial charge in [0.2, 0.25) is 35.4 Å². The zero-order valence-corrected chi connectivity index (χ0v) is 72.8. The van der Waals surface area contributed by atoms with E-state index in [-0.39, 0.29) is 125 Å². The number of aliphatic carboxylic acids is 1. The summed E-state index contributed by atoms with van der Waals surface area (Å²) in [7, 11) is 1.49. The first-order chi connectivity index (χ1) is 57.7. The molecule has 8 atom stereocenters. The number of ether oxygens (including phenoxy) is 4. The quantitative estimate of drug-likeness (QED) is 0.00652. The van der Waals surface area contributed by atoms with Gasteiger partial charge in [0.25, 0.3) is 0 Å². The van der Waals surface area contributed by atoms with Crippen LogP contribution in [0.5, 0.6) is 0 Å². The number of carboxylic acid groups (broad SMARTS) is 1. The Morgan fingerprint density at radius 1 is 0.545 bits per heavy atom. The number of alkyl carbamates (subject to hydrolysis) is 2. The molecule has 12 N–H and O–H groups in total. The molecule has 0 unspecified atom stereocenters. The number of likely N-dealkylation sites (tertiary alicyclic amines) is 2. The lowest BCUT2D eigenvalue weighted by atomic mass is 9.87. The van der Waals surface area contributed by atoms with Gasteiger partial charge in [-0.05, 0) is 179 Å². The lowest BCUT2D eigenvalue weighted by molar-refractivity contribution is -0.153. The number of rotatable bonds is 39. The van der Waals surface area contributed by atoms with E-state index in [1.165, 1.54) is 14.2 Å². The summed E-state index contributed by atoms with van der Waals surface area (Å²) in [5.41, 5.74) is 12.0. The monoisotopic (exact) mass is 1690 g/mol. The van der Waals surface area contributed by atoms with Gasteiger partial charge < -0.3 is 82.6 Å². The molecule has 29 nitrogen and oxygen atoms in total. The van der Waals surface area contributed by atoms with Gasteiger partial charge in [-0.3, -0.25) is 42.9 Å². The number of hydrogen-bond donors (Lipinski definition) is 10. The summed E-state index contributed by atoms with van der Waals surface area (Å²) in [6.07, 6.45) is 8.83. The number of amides is 8. The van der Waals surface area contributed by atoms with E-state index in [4.69, 9.17) is 37.2 Å². The second kappa shape index (κ2) is 49.9. The van der Waals surface area contributed by atoms with Crippen molar-refractivity contribution >= 4 is 82.9 Å². The predicted octanol–water partition coefficient (Wildman–Crippen LogP) is 10.2. The number of alkyl halides is 1. The molecule has 2 saturated heterocycles. The number of esters is 2. The summed E-state index contributed by atoms with van der Waals surface area (Å²) in [4.78, 5) is 165. The minimum Gasteiger partial charge on any atom is -0.480 e. The smallest absolute Gasteiger partial charge is 0.408 e. The molecule has 8 rings (SSSR count). The third-order valence-electron chi connectivity index (χ3n) is 21.3. The van der Waals surface area contributed by atoms with E-state index >= 15 is 0 Å². The fourth-order valence-corrected chi connectivity index (χ4v) is 14.3. The Balaban J connectivity index is 0.000000355. The van der Waals surface area contributed by atoms with Crippen molar-refractivity contribution in [3.05, 3.63) is 144 Å². The Labute approximate surface area is 714 Å². The van der Waals surface area contributed by atoms with Crippen LogP contribution in [0, 0.1) is 35.0 Å². The molecule has 4 aromatic carbocycles. The molecule has 2 heterocycles. The van der Waals surface area contributed by atoms with Crippen LogP contribution in [0.3, 0.4) is 0 Å². The van der Waals surface area contributed by atoms with Gasteiger partial charge in [-0.15, -0.1) is 0 Å². The fraction of sp³-hybridized carbons (Fsp3) is 0.582. The van der Waals surface area contributed by atoms with Gasteiger partial charge in [0.05, 0.1) is 40.7 Å². The number of carboxylic acids is 1. The second-order valence-electron chi connectivity index (χ2n) is 34.2. The van der Waals surface area contributed by atoms with Gasteiger partial charge in [-0.2, -0.15) is 0 Å². The summed E-state index contributed by atoms with van der Waals surface area (Å²) < 4.78 is 36.3. The van der Waals surface area contributed by atoms with Crippen molar-refractivity contribution in [1.82, 2.24) is 41.7 Å². The van der Waals surface area contributed by atoms with Gasteiger partial charge >= 0.3 is 30.1 Å². The maximum atomic E-state index is 14.3. The molecule has 2 aliphatic carbocycles. The fourth-order valence-electron chi connectivity index (χ4n) is 14.3. The van der Waals surface area contributed by atoms with Crippen LogP contribution in [0.1, 0.15) is 202 Å². The van der Waals surface area contributed by atoms with Gasteiger partial charge in [0.15, 0.2) is 5.78 Å². The molecule has 0 spiro atoms. The van der Waals surface area contributed by atoms with E-state index in [1.807, 2.05) is 135 Å². The van der Waals surface area contributed by atoms with Crippen molar-refractivity contribution in [2.24, 2.45) is 46.0 Å². The van der Waals surface area contributed by atoms with E-state index in [0.717, 1.165) is 54.4 Å². The topological polar surface area (TPSA) is 429 Å². The van der Waals surface area contributed by atoms with Crippen LogP contribution in [0.4, 0.5) is 14.0 Å². The van der Waals surface area contributed by atoms with Crippen molar-refractivity contribution in [2.75, 3.05) is 54.1 Å². The van der Waals surface area contributed by atoms with E-state index in [1.54, 1.807) is 65.2 Å². The molecule has 4 aromatic rings.